The molecule has 1 aromatic carbocycles. The summed E-state index contributed by atoms with van der Waals surface area (Å²) in [6.45, 7) is 0. The van der Waals surface area contributed by atoms with Gasteiger partial charge >= 0.3 is 11.9 Å². The summed E-state index contributed by atoms with van der Waals surface area (Å²) in [5.41, 5.74) is 0.655. The van der Waals surface area contributed by atoms with Gasteiger partial charge in [0.1, 0.15) is 0 Å². The Balaban J connectivity index is 3.54. The van der Waals surface area contributed by atoms with Crippen molar-refractivity contribution in [2.45, 2.75) is 0 Å². The zero-order valence-electron chi connectivity index (χ0n) is 8.84. The monoisotopic (exact) mass is 524 g/mol. The lowest BCUT2D eigenvalue weighted by Gasteiger charge is -2.11. The van der Waals surface area contributed by atoms with Crippen molar-refractivity contribution in [1.29, 1.82) is 0 Å². The summed E-state index contributed by atoms with van der Waals surface area (Å²) in [5.74, 6) is -0.995. The van der Waals surface area contributed by atoms with E-state index >= 15 is 0 Å². The lowest BCUT2D eigenvalue weighted by Crippen LogP contribution is -2.12. The Morgan fingerprint density at radius 2 is 1.41 bits per heavy atom. The minimum atomic E-state index is -0.497. The Bertz CT molecular complexity index is 447. The molecule has 1 rings (SSSR count). The minimum Gasteiger partial charge on any atom is -0.465 e. The maximum Gasteiger partial charge on any atom is 0.340 e. The maximum atomic E-state index is 11.6. The van der Waals surface area contributed by atoms with Crippen LogP contribution in [-0.2, 0) is 9.47 Å². The van der Waals surface area contributed by atoms with Crippen LogP contribution in [-0.4, -0.2) is 26.2 Å². The van der Waals surface area contributed by atoms with Gasteiger partial charge in [-0.2, -0.15) is 0 Å². The van der Waals surface area contributed by atoms with E-state index in [0.29, 0.717) is 22.7 Å². The summed E-state index contributed by atoms with van der Waals surface area (Å²) in [6.07, 6.45) is 0. The van der Waals surface area contributed by atoms with Crippen molar-refractivity contribution in [3.8, 4) is 0 Å². The number of carbonyl (C=O) groups is 2. The maximum absolute atomic E-state index is 11.6. The summed E-state index contributed by atoms with van der Waals surface area (Å²) in [7, 11) is 2.58. The van der Waals surface area contributed by atoms with E-state index in [1.807, 2.05) is 45.2 Å². The molecule has 0 N–H and O–H groups in total. The molecule has 4 nitrogen and oxygen atoms in total. The zero-order chi connectivity index (χ0) is 13.2. The number of halogens is 3. The van der Waals surface area contributed by atoms with Gasteiger partial charge in [0.2, 0.25) is 0 Å². The highest BCUT2D eigenvalue weighted by molar-refractivity contribution is 14.1. The van der Waals surface area contributed by atoms with Crippen molar-refractivity contribution in [2.24, 2.45) is 0 Å². The number of hydrogen-bond donors (Lipinski definition) is 0. The molecular formula is C10H7BrI2O4. The third kappa shape index (κ3) is 3.11. The molecule has 1 aromatic rings. The average Bonchev–Trinajstić information content (AvgIpc) is 2.27. The normalized spacial score (nSPS) is 9.94. The van der Waals surface area contributed by atoms with Crippen LogP contribution in [0.1, 0.15) is 20.7 Å². The first-order valence-electron chi connectivity index (χ1n) is 4.28. The van der Waals surface area contributed by atoms with Crippen molar-refractivity contribution in [2.75, 3.05) is 14.2 Å². The van der Waals surface area contributed by atoms with Crippen molar-refractivity contribution in [3.63, 3.8) is 0 Å². The zero-order valence-corrected chi connectivity index (χ0v) is 14.7. The summed E-state index contributed by atoms with van der Waals surface area (Å²) in [4.78, 5) is 23.2. The second kappa shape index (κ2) is 6.32. The first-order valence-corrected chi connectivity index (χ1v) is 7.23. The highest BCUT2D eigenvalue weighted by atomic mass is 127. The van der Waals surface area contributed by atoms with Gasteiger partial charge in [-0.15, -0.1) is 0 Å². The minimum absolute atomic E-state index is 0.328. The molecule has 0 spiro atoms. The van der Waals surface area contributed by atoms with Crippen LogP contribution in [0.15, 0.2) is 10.5 Å². The molecule has 0 aliphatic carbocycles. The van der Waals surface area contributed by atoms with Crippen LogP contribution >= 0.6 is 61.1 Å². The fraction of sp³-hybridized carbons (Fsp3) is 0.200. The topological polar surface area (TPSA) is 52.6 Å². The standard InChI is InChI=1S/C10H7BrI2O4/c1-16-9(14)6-4(12)3-5(13)7(8(6)11)10(15)17-2/h3H,1-2H3. The number of ether oxygens (including phenoxy) is 2. The Labute approximate surface area is 134 Å². The summed E-state index contributed by atoms with van der Waals surface area (Å²) < 4.78 is 11.2. The average molecular weight is 525 g/mol. The summed E-state index contributed by atoms with van der Waals surface area (Å²) in [5, 5.41) is 0. The number of benzene rings is 1. The van der Waals surface area contributed by atoms with E-state index in [2.05, 4.69) is 25.4 Å². The van der Waals surface area contributed by atoms with E-state index in [1.165, 1.54) is 14.2 Å². The first kappa shape index (κ1) is 15.2. The third-order valence-corrected chi connectivity index (χ3v) is 4.44. The molecule has 17 heavy (non-hydrogen) atoms. The van der Waals surface area contributed by atoms with E-state index in [0.717, 1.165) is 0 Å². The van der Waals surface area contributed by atoms with Gasteiger partial charge in [0.25, 0.3) is 0 Å². The molecular weight excluding hydrogens is 518 g/mol. The van der Waals surface area contributed by atoms with Crippen molar-refractivity contribution in [3.05, 3.63) is 28.8 Å². The number of hydrogen-bond acceptors (Lipinski definition) is 4. The highest BCUT2D eigenvalue weighted by Gasteiger charge is 2.24. The Morgan fingerprint density at radius 3 is 1.71 bits per heavy atom. The molecule has 0 heterocycles. The lowest BCUT2D eigenvalue weighted by atomic mass is 10.1. The number of methoxy groups -OCH3 is 2. The van der Waals surface area contributed by atoms with Crippen LogP contribution in [0.4, 0.5) is 0 Å². The Hall–Kier alpha value is 0.1000. The predicted octanol–water partition coefficient (Wildman–Crippen LogP) is 3.23. The van der Waals surface area contributed by atoms with Gasteiger partial charge in [0.05, 0.1) is 25.3 Å². The van der Waals surface area contributed by atoms with E-state index in [1.54, 1.807) is 6.07 Å². The molecule has 0 aromatic heterocycles. The van der Waals surface area contributed by atoms with Gasteiger partial charge in [-0.1, -0.05) is 0 Å². The summed E-state index contributed by atoms with van der Waals surface area (Å²) >= 11 is 7.28. The van der Waals surface area contributed by atoms with E-state index in [-0.39, 0.29) is 0 Å². The fourth-order valence-corrected chi connectivity index (χ4v) is 4.86. The quantitative estimate of drug-likeness (QED) is 0.440. The van der Waals surface area contributed by atoms with Gasteiger partial charge in [0.15, 0.2) is 0 Å². The Kier molecular flexibility index (Phi) is 5.64. The Morgan fingerprint density at radius 1 is 1.06 bits per heavy atom. The molecule has 0 unspecified atom stereocenters. The SMILES string of the molecule is COC(=O)c1c(I)cc(I)c(C(=O)OC)c1Br. The van der Waals surface area contributed by atoms with Crippen LogP contribution < -0.4 is 0 Å². The number of rotatable bonds is 2. The van der Waals surface area contributed by atoms with E-state index in [9.17, 15) is 9.59 Å². The van der Waals surface area contributed by atoms with Crippen LogP contribution in [0, 0.1) is 7.14 Å². The molecule has 7 heteroatoms. The van der Waals surface area contributed by atoms with Gasteiger partial charge in [-0.3, -0.25) is 0 Å². The molecule has 0 saturated heterocycles. The van der Waals surface area contributed by atoms with Crippen molar-refractivity contribution >= 4 is 73.1 Å². The van der Waals surface area contributed by atoms with Gasteiger partial charge in [-0.25, -0.2) is 9.59 Å². The molecule has 0 radical (unpaired) electrons. The fourth-order valence-electron chi connectivity index (χ4n) is 1.17. The van der Waals surface area contributed by atoms with E-state index < -0.39 is 11.9 Å². The van der Waals surface area contributed by atoms with Crippen LogP contribution in [0.3, 0.4) is 0 Å². The number of esters is 2. The van der Waals surface area contributed by atoms with Crippen LogP contribution in [0.25, 0.3) is 0 Å². The smallest absolute Gasteiger partial charge is 0.340 e. The van der Waals surface area contributed by atoms with Crippen molar-refractivity contribution < 1.29 is 19.1 Å². The second-order valence-electron chi connectivity index (χ2n) is 2.89. The van der Waals surface area contributed by atoms with Gasteiger partial charge in [-0.05, 0) is 67.2 Å². The molecule has 0 fully saturated rings. The molecule has 0 amide bonds. The molecule has 0 atom stereocenters. The van der Waals surface area contributed by atoms with E-state index in [4.69, 9.17) is 0 Å². The third-order valence-electron chi connectivity index (χ3n) is 1.95. The summed E-state index contributed by atoms with van der Waals surface area (Å²) in [6, 6.07) is 1.73. The molecule has 0 aliphatic rings. The lowest BCUT2D eigenvalue weighted by molar-refractivity contribution is 0.0595. The predicted molar refractivity (Wildman–Crippen MR) is 82.3 cm³/mol. The van der Waals surface area contributed by atoms with Crippen LogP contribution in [0.2, 0.25) is 0 Å². The van der Waals surface area contributed by atoms with Gasteiger partial charge in [0, 0.05) is 11.6 Å². The van der Waals surface area contributed by atoms with Crippen molar-refractivity contribution in [1.82, 2.24) is 0 Å². The molecule has 0 aliphatic heterocycles. The van der Waals surface area contributed by atoms with Gasteiger partial charge < -0.3 is 9.47 Å². The number of carbonyl (C=O) groups excluding carboxylic acids is 2. The largest absolute Gasteiger partial charge is 0.465 e. The highest BCUT2D eigenvalue weighted by Crippen LogP contribution is 2.31. The van der Waals surface area contributed by atoms with Crippen LogP contribution in [0.5, 0.6) is 0 Å². The molecule has 0 saturated carbocycles. The second-order valence-corrected chi connectivity index (χ2v) is 6.00. The first-order chi connectivity index (χ1) is 7.93. The molecule has 0 bridgehead atoms. The molecule has 92 valence electrons.